The van der Waals surface area contributed by atoms with Gasteiger partial charge in [-0.1, -0.05) is 30.0 Å². The van der Waals surface area contributed by atoms with Crippen LogP contribution in [-0.2, 0) is 18.3 Å². The number of aromatic nitrogens is 3. The van der Waals surface area contributed by atoms with E-state index in [-0.39, 0.29) is 5.75 Å². The number of carboxylic acid groups (broad SMARTS) is 1. The molecule has 20 heavy (non-hydrogen) atoms. The highest BCUT2D eigenvalue weighted by molar-refractivity contribution is 7.99. The molecule has 1 aromatic carbocycles. The third kappa shape index (κ3) is 3.99. The summed E-state index contributed by atoms with van der Waals surface area (Å²) in [6.07, 6.45) is 0.617. The molecule has 0 fully saturated rings. The summed E-state index contributed by atoms with van der Waals surface area (Å²) in [6, 6.07) is 9.55. The molecule has 6 nitrogen and oxygen atoms in total. The second kappa shape index (κ2) is 6.95. The lowest BCUT2D eigenvalue weighted by molar-refractivity contribution is -0.133. The Kier molecular flexibility index (Phi) is 5.00. The Morgan fingerprint density at radius 2 is 2.10 bits per heavy atom. The molecule has 0 spiro atoms. The summed E-state index contributed by atoms with van der Waals surface area (Å²) in [6.45, 7) is 0.500. The van der Waals surface area contributed by atoms with Crippen molar-refractivity contribution in [3.05, 3.63) is 36.2 Å². The van der Waals surface area contributed by atoms with E-state index >= 15 is 0 Å². The fourth-order valence-corrected chi connectivity index (χ4v) is 2.24. The molecule has 0 amide bonds. The van der Waals surface area contributed by atoms with E-state index in [1.165, 1.54) is 0 Å². The molecular weight excluding hydrogens is 278 g/mol. The fourth-order valence-electron chi connectivity index (χ4n) is 1.59. The van der Waals surface area contributed by atoms with Crippen molar-refractivity contribution in [3.8, 4) is 5.75 Å². The van der Waals surface area contributed by atoms with Crippen LogP contribution in [0.4, 0.5) is 0 Å². The second-order valence-corrected chi connectivity index (χ2v) is 4.99. The molecule has 0 unspecified atom stereocenters. The van der Waals surface area contributed by atoms with Gasteiger partial charge >= 0.3 is 5.97 Å². The van der Waals surface area contributed by atoms with Gasteiger partial charge in [-0.05, 0) is 12.1 Å². The Balaban J connectivity index is 1.85. The van der Waals surface area contributed by atoms with Crippen LogP contribution in [0.15, 0.2) is 35.5 Å². The van der Waals surface area contributed by atoms with Crippen LogP contribution in [0, 0.1) is 0 Å². The lowest BCUT2D eigenvalue weighted by Crippen LogP contribution is -2.07. The third-order valence-electron chi connectivity index (χ3n) is 2.59. The number of para-hydroxylation sites is 1. The highest BCUT2D eigenvalue weighted by Gasteiger charge is 2.10. The highest BCUT2D eigenvalue weighted by Crippen LogP contribution is 2.15. The lowest BCUT2D eigenvalue weighted by Gasteiger charge is -2.06. The topological polar surface area (TPSA) is 77.2 Å². The van der Waals surface area contributed by atoms with Gasteiger partial charge in [-0.3, -0.25) is 4.79 Å². The van der Waals surface area contributed by atoms with Crippen LogP contribution in [-0.4, -0.2) is 38.2 Å². The SMILES string of the molecule is Cn1c(CCOc2ccccc2)nnc1SCC(=O)O. The summed E-state index contributed by atoms with van der Waals surface area (Å²) in [5.74, 6) is 0.697. The van der Waals surface area contributed by atoms with Crippen LogP contribution in [0.3, 0.4) is 0 Å². The summed E-state index contributed by atoms with van der Waals surface area (Å²) in [5, 5.41) is 17.3. The molecule has 2 rings (SSSR count). The van der Waals surface area contributed by atoms with Crippen molar-refractivity contribution in [2.45, 2.75) is 11.6 Å². The van der Waals surface area contributed by atoms with Crippen molar-refractivity contribution >= 4 is 17.7 Å². The molecule has 0 radical (unpaired) electrons. The fraction of sp³-hybridized carbons (Fsp3) is 0.308. The van der Waals surface area contributed by atoms with E-state index in [1.54, 1.807) is 4.57 Å². The zero-order valence-electron chi connectivity index (χ0n) is 11.0. The zero-order chi connectivity index (χ0) is 14.4. The molecule has 106 valence electrons. The van der Waals surface area contributed by atoms with Gasteiger partial charge < -0.3 is 14.4 Å². The zero-order valence-corrected chi connectivity index (χ0v) is 11.8. The van der Waals surface area contributed by atoms with Gasteiger partial charge in [0.25, 0.3) is 0 Å². The summed E-state index contributed by atoms with van der Waals surface area (Å²) in [5.41, 5.74) is 0. The summed E-state index contributed by atoms with van der Waals surface area (Å²) in [4.78, 5) is 10.5. The van der Waals surface area contributed by atoms with Crippen molar-refractivity contribution in [1.82, 2.24) is 14.8 Å². The first-order chi connectivity index (χ1) is 9.66. The quantitative estimate of drug-likeness (QED) is 0.782. The summed E-state index contributed by atoms with van der Waals surface area (Å²) in [7, 11) is 1.82. The van der Waals surface area contributed by atoms with E-state index < -0.39 is 5.97 Å². The molecule has 0 aliphatic rings. The van der Waals surface area contributed by atoms with E-state index in [0.717, 1.165) is 23.3 Å². The van der Waals surface area contributed by atoms with Crippen molar-refractivity contribution < 1.29 is 14.6 Å². The van der Waals surface area contributed by atoms with Crippen LogP contribution < -0.4 is 4.74 Å². The van der Waals surface area contributed by atoms with Crippen LogP contribution in [0.5, 0.6) is 5.75 Å². The maximum absolute atomic E-state index is 10.5. The molecule has 0 aliphatic carbocycles. The molecule has 0 atom stereocenters. The Morgan fingerprint density at radius 3 is 2.80 bits per heavy atom. The molecule has 7 heteroatoms. The number of benzene rings is 1. The number of aliphatic carboxylic acids is 1. The monoisotopic (exact) mass is 293 g/mol. The Morgan fingerprint density at radius 1 is 1.35 bits per heavy atom. The maximum atomic E-state index is 10.5. The van der Waals surface area contributed by atoms with Crippen LogP contribution in [0.25, 0.3) is 0 Å². The normalized spacial score (nSPS) is 10.4. The molecule has 2 aromatic rings. The third-order valence-corrected chi connectivity index (χ3v) is 3.59. The predicted octanol–water partition coefficient (Wildman–Crippen LogP) is 1.61. The van der Waals surface area contributed by atoms with E-state index in [4.69, 9.17) is 9.84 Å². The van der Waals surface area contributed by atoms with E-state index in [9.17, 15) is 4.79 Å². The number of nitrogens with zero attached hydrogens (tertiary/aromatic N) is 3. The average Bonchev–Trinajstić information content (AvgIpc) is 2.79. The minimum absolute atomic E-state index is 0.0213. The average molecular weight is 293 g/mol. The number of ether oxygens (including phenoxy) is 1. The smallest absolute Gasteiger partial charge is 0.313 e. The molecule has 0 aliphatic heterocycles. The van der Waals surface area contributed by atoms with Gasteiger partial charge in [0, 0.05) is 13.5 Å². The van der Waals surface area contributed by atoms with Gasteiger partial charge in [0.1, 0.15) is 11.6 Å². The molecular formula is C13H15N3O3S. The van der Waals surface area contributed by atoms with Gasteiger partial charge in [0.05, 0.1) is 12.4 Å². The molecule has 1 N–H and O–H groups in total. The van der Waals surface area contributed by atoms with Crippen LogP contribution >= 0.6 is 11.8 Å². The standard InChI is InChI=1S/C13H15N3O3S/c1-16-11(14-15-13(16)20-9-12(17)18)7-8-19-10-5-3-2-4-6-10/h2-6H,7-9H2,1H3,(H,17,18). The summed E-state index contributed by atoms with van der Waals surface area (Å²) >= 11 is 1.15. The van der Waals surface area contributed by atoms with E-state index in [2.05, 4.69) is 10.2 Å². The second-order valence-electron chi connectivity index (χ2n) is 4.05. The Hall–Kier alpha value is -2.02. The Labute approximate surface area is 120 Å². The number of carbonyl (C=O) groups is 1. The van der Waals surface area contributed by atoms with Crippen molar-refractivity contribution in [2.24, 2.45) is 7.05 Å². The van der Waals surface area contributed by atoms with Gasteiger partial charge in [0.2, 0.25) is 0 Å². The van der Waals surface area contributed by atoms with Gasteiger partial charge in [-0.2, -0.15) is 0 Å². The number of carboxylic acids is 1. The maximum Gasteiger partial charge on any atom is 0.313 e. The van der Waals surface area contributed by atoms with Gasteiger partial charge in [-0.15, -0.1) is 10.2 Å². The number of hydrogen-bond acceptors (Lipinski definition) is 5. The predicted molar refractivity (Wildman–Crippen MR) is 75.0 cm³/mol. The first-order valence-corrected chi connectivity index (χ1v) is 7.06. The first-order valence-electron chi connectivity index (χ1n) is 6.07. The van der Waals surface area contributed by atoms with E-state index in [1.807, 2.05) is 37.4 Å². The molecule has 0 saturated heterocycles. The van der Waals surface area contributed by atoms with Crippen molar-refractivity contribution in [3.63, 3.8) is 0 Å². The number of hydrogen-bond donors (Lipinski definition) is 1. The highest BCUT2D eigenvalue weighted by atomic mass is 32.2. The first kappa shape index (κ1) is 14.4. The van der Waals surface area contributed by atoms with Crippen LogP contribution in [0.2, 0.25) is 0 Å². The largest absolute Gasteiger partial charge is 0.493 e. The lowest BCUT2D eigenvalue weighted by atomic mass is 10.3. The van der Waals surface area contributed by atoms with Gasteiger partial charge in [-0.25, -0.2) is 0 Å². The Bertz CT molecular complexity index is 571. The molecule has 1 aromatic heterocycles. The number of rotatable bonds is 7. The molecule has 0 bridgehead atoms. The summed E-state index contributed by atoms with van der Waals surface area (Å²) < 4.78 is 7.38. The van der Waals surface area contributed by atoms with Crippen molar-refractivity contribution in [2.75, 3.05) is 12.4 Å². The minimum Gasteiger partial charge on any atom is -0.493 e. The minimum atomic E-state index is -0.869. The van der Waals surface area contributed by atoms with Crippen molar-refractivity contribution in [1.29, 1.82) is 0 Å². The molecule has 1 heterocycles. The van der Waals surface area contributed by atoms with E-state index in [0.29, 0.717) is 18.2 Å². The van der Waals surface area contributed by atoms with Gasteiger partial charge in [0.15, 0.2) is 5.16 Å². The number of thioether (sulfide) groups is 1. The molecule has 0 saturated carbocycles. The van der Waals surface area contributed by atoms with Crippen LogP contribution in [0.1, 0.15) is 5.82 Å².